The van der Waals surface area contributed by atoms with Crippen LogP contribution in [-0.2, 0) is 14.8 Å². The van der Waals surface area contributed by atoms with Gasteiger partial charge in [-0.3, -0.25) is 9.52 Å². The van der Waals surface area contributed by atoms with Gasteiger partial charge in [-0.1, -0.05) is 29.8 Å². The van der Waals surface area contributed by atoms with Crippen LogP contribution in [0.2, 0.25) is 5.02 Å². The molecule has 0 radical (unpaired) electrons. The van der Waals surface area contributed by atoms with Gasteiger partial charge in [0.25, 0.3) is 15.9 Å². The lowest BCUT2D eigenvalue weighted by molar-refractivity contribution is -0.118. The topological polar surface area (TPSA) is 84.5 Å². The van der Waals surface area contributed by atoms with E-state index in [1.165, 1.54) is 12.1 Å². The van der Waals surface area contributed by atoms with Crippen LogP contribution in [0.4, 0.5) is 11.4 Å². The standard InChI is InChI=1S/C23H23ClN2O4S/c1-15-5-4-6-19(11-15)26-31(28,29)20-9-7-16(2)21(13-20)25-23(27)14-30-22-10-8-18(24)12-17(22)3/h4-13,26H,14H2,1-3H3,(H,25,27). The Balaban J connectivity index is 1.72. The van der Waals surface area contributed by atoms with E-state index in [0.29, 0.717) is 22.1 Å². The molecule has 0 spiro atoms. The third-order valence-corrected chi connectivity index (χ3v) is 6.17. The normalized spacial score (nSPS) is 11.1. The van der Waals surface area contributed by atoms with Crippen molar-refractivity contribution in [2.75, 3.05) is 16.6 Å². The maximum atomic E-state index is 12.8. The zero-order chi connectivity index (χ0) is 22.6. The van der Waals surface area contributed by atoms with E-state index >= 15 is 0 Å². The molecule has 162 valence electrons. The Morgan fingerprint density at radius 1 is 0.968 bits per heavy atom. The molecule has 0 aliphatic rings. The first kappa shape index (κ1) is 22.7. The maximum absolute atomic E-state index is 12.8. The lowest BCUT2D eigenvalue weighted by Crippen LogP contribution is -2.21. The quantitative estimate of drug-likeness (QED) is 0.516. The summed E-state index contributed by atoms with van der Waals surface area (Å²) in [6, 6.07) is 16.8. The average molecular weight is 459 g/mol. The summed E-state index contributed by atoms with van der Waals surface area (Å²) in [7, 11) is -3.82. The van der Waals surface area contributed by atoms with Crippen molar-refractivity contribution in [3.8, 4) is 5.75 Å². The Labute approximate surface area is 187 Å². The Bertz CT molecular complexity index is 1230. The van der Waals surface area contributed by atoms with E-state index in [-0.39, 0.29) is 11.5 Å². The first-order valence-electron chi connectivity index (χ1n) is 9.53. The second-order valence-corrected chi connectivity index (χ2v) is 9.32. The van der Waals surface area contributed by atoms with Crippen molar-refractivity contribution in [3.63, 3.8) is 0 Å². The number of halogens is 1. The highest BCUT2D eigenvalue weighted by Gasteiger charge is 2.17. The number of carbonyl (C=O) groups excluding carboxylic acids is 1. The van der Waals surface area contributed by atoms with Crippen LogP contribution in [0.15, 0.2) is 65.6 Å². The Morgan fingerprint density at radius 3 is 2.45 bits per heavy atom. The maximum Gasteiger partial charge on any atom is 0.262 e. The highest BCUT2D eigenvalue weighted by atomic mass is 35.5. The Morgan fingerprint density at radius 2 is 1.74 bits per heavy atom. The van der Waals surface area contributed by atoms with Crippen molar-refractivity contribution >= 4 is 38.9 Å². The number of hydrogen-bond donors (Lipinski definition) is 2. The molecule has 0 fully saturated rings. The molecule has 3 aromatic rings. The van der Waals surface area contributed by atoms with Gasteiger partial charge in [0, 0.05) is 16.4 Å². The van der Waals surface area contributed by atoms with Crippen LogP contribution in [0.1, 0.15) is 16.7 Å². The SMILES string of the molecule is Cc1cccc(NS(=O)(=O)c2ccc(C)c(NC(=O)COc3ccc(Cl)cc3C)c2)c1. The van der Waals surface area contributed by atoms with Crippen LogP contribution in [-0.4, -0.2) is 20.9 Å². The number of rotatable bonds is 7. The molecule has 3 aromatic carbocycles. The number of sulfonamides is 1. The van der Waals surface area contributed by atoms with E-state index in [9.17, 15) is 13.2 Å². The summed E-state index contributed by atoms with van der Waals surface area (Å²) in [5.41, 5.74) is 3.34. The van der Waals surface area contributed by atoms with E-state index in [1.54, 1.807) is 49.4 Å². The first-order chi connectivity index (χ1) is 14.6. The van der Waals surface area contributed by atoms with E-state index in [4.69, 9.17) is 16.3 Å². The summed E-state index contributed by atoms with van der Waals surface area (Å²) in [5, 5.41) is 3.30. The number of aryl methyl sites for hydroxylation is 3. The lowest BCUT2D eigenvalue weighted by Gasteiger charge is -2.13. The predicted octanol–water partition coefficient (Wildman–Crippen LogP) is 5.08. The van der Waals surface area contributed by atoms with Gasteiger partial charge in [0.15, 0.2) is 6.61 Å². The third-order valence-electron chi connectivity index (χ3n) is 4.56. The van der Waals surface area contributed by atoms with E-state index in [2.05, 4.69) is 10.0 Å². The fraction of sp³-hybridized carbons (Fsp3) is 0.174. The monoisotopic (exact) mass is 458 g/mol. The molecule has 0 bridgehead atoms. The van der Waals surface area contributed by atoms with Crippen molar-refractivity contribution < 1.29 is 17.9 Å². The van der Waals surface area contributed by atoms with Crippen molar-refractivity contribution in [2.24, 2.45) is 0 Å². The average Bonchev–Trinajstić information content (AvgIpc) is 2.68. The molecule has 0 aromatic heterocycles. The summed E-state index contributed by atoms with van der Waals surface area (Å²) < 4.78 is 33.7. The zero-order valence-corrected chi connectivity index (χ0v) is 19.0. The van der Waals surface area contributed by atoms with Gasteiger partial charge in [-0.05, 0) is 79.9 Å². The van der Waals surface area contributed by atoms with Crippen molar-refractivity contribution in [3.05, 3.63) is 82.4 Å². The van der Waals surface area contributed by atoms with Gasteiger partial charge in [-0.25, -0.2) is 8.42 Å². The van der Waals surface area contributed by atoms with Crippen LogP contribution in [0, 0.1) is 20.8 Å². The zero-order valence-electron chi connectivity index (χ0n) is 17.4. The van der Waals surface area contributed by atoms with E-state index in [0.717, 1.165) is 16.7 Å². The van der Waals surface area contributed by atoms with Gasteiger partial charge in [-0.2, -0.15) is 0 Å². The number of nitrogens with one attached hydrogen (secondary N) is 2. The van der Waals surface area contributed by atoms with Crippen LogP contribution in [0.5, 0.6) is 5.75 Å². The highest BCUT2D eigenvalue weighted by molar-refractivity contribution is 7.92. The van der Waals surface area contributed by atoms with Gasteiger partial charge in [0.1, 0.15) is 5.75 Å². The van der Waals surface area contributed by atoms with Gasteiger partial charge in [-0.15, -0.1) is 0 Å². The number of hydrogen-bond acceptors (Lipinski definition) is 4. The van der Waals surface area contributed by atoms with E-state index < -0.39 is 15.9 Å². The fourth-order valence-electron chi connectivity index (χ4n) is 2.93. The Kier molecular flexibility index (Phi) is 6.87. The highest BCUT2D eigenvalue weighted by Crippen LogP contribution is 2.24. The van der Waals surface area contributed by atoms with Crippen molar-refractivity contribution in [1.29, 1.82) is 0 Å². The second kappa shape index (κ2) is 9.41. The summed E-state index contributed by atoms with van der Waals surface area (Å²) >= 11 is 5.93. The number of amides is 1. The molecule has 0 heterocycles. The smallest absolute Gasteiger partial charge is 0.262 e. The number of anilines is 2. The molecular formula is C23H23ClN2O4S. The number of benzene rings is 3. The van der Waals surface area contributed by atoms with Gasteiger partial charge in [0.05, 0.1) is 4.90 Å². The van der Waals surface area contributed by atoms with Gasteiger partial charge in [0.2, 0.25) is 0 Å². The summed E-state index contributed by atoms with van der Waals surface area (Å²) in [4.78, 5) is 12.4. The molecule has 3 rings (SSSR count). The number of carbonyl (C=O) groups is 1. The van der Waals surface area contributed by atoms with Crippen LogP contribution in [0.25, 0.3) is 0 Å². The molecular weight excluding hydrogens is 436 g/mol. The molecule has 0 aliphatic carbocycles. The largest absolute Gasteiger partial charge is 0.483 e. The minimum atomic E-state index is -3.82. The van der Waals surface area contributed by atoms with Gasteiger partial charge >= 0.3 is 0 Å². The van der Waals surface area contributed by atoms with Crippen molar-refractivity contribution in [2.45, 2.75) is 25.7 Å². The van der Waals surface area contributed by atoms with Crippen LogP contribution >= 0.6 is 11.6 Å². The molecule has 1 amide bonds. The van der Waals surface area contributed by atoms with Crippen LogP contribution < -0.4 is 14.8 Å². The second-order valence-electron chi connectivity index (χ2n) is 7.20. The molecule has 31 heavy (non-hydrogen) atoms. The molecule has 6 nitrogen and oxygen atoms in total. The minimum absolute atomic E-state index is 0.0457. The van der Waals surface area contributed by atoms with Crippen molar-refractivity contribution in [1.82, 2.24) is 0 Å². The minimum Gasteiger partial charge on any atom is -0.483 e. The molecule has 0 saturated heterocycles. The summed E-state index contributed by atoms with van der Waals surface area (Å²) in [6.07, 6.45) is 0. The van der Waals surface area contributed by atoms with Crippen LogP contribution in [0.3, 0.4) is 0 Å². The molecule has 0 atom stereocenters. The lowest BCUT2D eigenvalue weighted by atomic mass is 10.2. The summed E-state index contributed by atoms with van der Waals surface area (Å²) in [6.45, 7) is 5.27. The third kappa shape index (κ3) is 5.99. The number of ether oxygens (including phenoxy) is 1. The molecule has 2 N–H and O–H groups in total. The molecule has 0 aliphatic heterocycles. The van der Waals surface area contributed by atoms with Gasteiger partial charge < -0.3 is 10.1 Å². The molecule has 0 saturated carbocycles. The Hall–Kier alpha value is -3.03. The fourth-order valence-corrected chi connectivity index (χ4v) is 4.23. The molecule has 8 heteroatoms. The van der Waals surface area contributed by atoms with E-state index in [1.807, 2.05) is 19.9 Å². The first-order valence-corrected chi connectivity index (χ1v) is 11.4. The summed E-state index contributed by atoms with van der Waals surface area (Å²) in [5.74, 6) is 0.147. The molecule has 0 unspecified atom stereocenters. The predicted molar refractivity (Wildman–Crippen MR) is 123 cm³/mol.